The largest absolute Gasteiger partial charge is 0.481 e. The third kappa shape index (κ3) is 2.99. The maximum absolute atomic E-state index is 10.5. The summed E-state index contributed by atoms with van der Waals surface area (Å²) in [5.74, 6) is -0.454. The van der Waals surface area contributed by atoms with Gasteiger partial charge < -0.3 is 10.4 Å². The number of nitrogens with one attached hydrogen (secondary N) is 1. The number of hydrogen-bond acceptors (Lipinski definition) is 4. The molecule has 0 fully saturated rings. The van der Waals surface area contributed by atoms with Crippen LogP contribution in [0.4, 0.5) is 5.82 Å². The van der Waals surface area contributed by atoms with Crippen molar-refractivity contribution in [1.82, 2.24) is 4.98 Å². The zero-order chi connectivity index (χ0) is 13.8. The molecule has 1 aromatic carbocycles. The Hall–Kier alpha value is -2.61. The van der Waals surface area contributed by atoms with Gasteiger partial charge in [-0.15, -0.1) is 0 Å². The highest BCUT2D eigenvalue weighted by Crippen LogP contribution is 2.20. The predicted molar refractivity (Wildman–Crippen MR) is 71.9 cm³/mol. The Morgan fingerprint density at radius 3 is 2.95 bits per heavy atom. The first kappa shape index (κ1) is 12.8. The zero-order valence-electron chi connectivity index (χ0n) is 10.5. The predicted octanol–water partition coefficient (Wildman–Crippen LogP) is 2.30. The topological polar surface area (TPSA) is 86.0 Å². The Balaban J connectivity index is 2.35. The van der Waals surface area contributed by atoms with Crippen molar-refractivity contribution in [2.24, 2.45) is 0 Å². The summed E-state index contributed by atoms with van der Waals surface area (Å²) in [6.45, 7) is 2.21. The Kier molecular flexibility index (Phi) is 3.62. The average molecular weight is 255 g/mol. The Bertz CT molecular complexity index is 674. The van der Waals surface area contributed by atoms with Crippen LogP contribution in [0.5, 0.6) is 0 Å². The van der Waals surface area contributed by atoms with E-state index >= 15 is 0 Å². The molecule has 2 N–H and O–H groups in total. The van der Waals surface area contributed by atoms with E-state index in [0.29, 0.717) is 11.4 Å². The number of anilines is 1. The molecule has 0 aliphatic carbocycles. The van der Waals surface area contributed by atoms with E-state index in [1.54, 1.807) is 6.07 Å². The van der Waals surface area contributed by atoms with E-state index in [0.717, 1.165) is 16.5 Å². The standard InChI is InChI=1S/C14H13N3O2/c1-9-2-3-10-7-11(8-15)14(17-12(10)6-9)16-5-4-13(18)19/h2-3,6-7H,4-5H2,1H3,(H,16,17)(H,18,19). The first-order chi connectivity index (χ1) is 9.10. The van der Waals surface area contributed by atoms with Crippen LogP contribution >= 0.6 is 0 Å². The van der Waals surface area contributed by atoms with Crippen LogP contribution in [0.1, 0.15) is 17.5 Å². The molecular weight excluding hydrogens is 242 g/mol. The number of nitriles is 1. The molecule has 0 spiro atoms. The van der Waals surface area contributed by atoms with Gasteiger partial charge in [-0.05, 0) is 24.6 Å². The third-order valence-electron chi connectivity index (χ3n) is 2.72. The van der Waals surface area contributed by atoms with Gasteiger partial charge in [0.1, 0.15) is 11.9 Å². The number of carboxylic acids is 1. The molecule has 0 atom stereocenters. The molecule has 0 saturated carbocycles. The number of fused-ring (bicyclic) bond motifs is 1. The normalized spacial score (nSPS) is 10.1. The Morgan fingerprint density at radius 2 is 2.26 bits per heavy atom. The molecule has 5 heteroatoms. The fraction of sp³-hybridized carbons (Fsp3) is 0.214. The molecule has 0 radical (unpaired) electrons. The molecule has 1 heterocycles. The van der Waals surface area contributed by atoms with Gasteiger partial charge >= 0.3 is 5.97 Å². The Labute approximate surface area is 110 Å². The van der Waals surface area contributed by atoms with Crippen molar-refractivity contribution in [3.63, 3.8) is 0 Å². The van der Waals surface area contributed by atoms with Gasteiger partial charge in [0, 0.05) is 11.9 Å². The van der Waals surface area contributed by atoms with Crippen LogP contribution in [-0.2, 0) is 4.79 Å². The van der Waals surface area contributed by atoms with Crippen molar-refractivity contribution < 1.29 is 9.90 Å². The lowest BCUT2D eigenvalue weighted by Gasteiger charge is -2.08. The molecule has 19 heavy (non-hydrogen) atoms. The molecule has 5 nitrogen and oxygen atoms in total. The number of aromatic nitrogens is 1. The highest BCUT2D eigenvalue weighted by atomic mass is 16.4. The minimum atomic E-state index is -0.886. The van der Waals surface area contributed by atoms with Gasteiger partial charge in [0.2, 0.25) is 0 Å². The van der Waals surface area contributed by atoms with E-state index in [4.69, 9.17) is 10.4 Å². The van der Waals surface area contributed by atoms with E-state index in [9.17, 15) is 4.79 Å². The van der Waals surface area contributed by atoms with Gasteiger partial charge in [-0.3, -0.25) is 4.79 Å². The molecular formula is C14H13N3O2. The number of nitrogens with zero attached hydrogens (tertiary/aromatic N) is 2. The van der Waals surface area contributed by atoms with Crippen molar-refractivity contribution in [2.75, 3.05) is 11.9 Å². The quantitative estimate of drug-likeness (QED) is 0.875. The van der Waals surface area contributed by atoms with Gasteiger partial charge in [0.05, 0.1) is 17.5 Å². The van der Waals surface area contributed by atoms with E-state index in [1.165, 1.54) is 0 Å². The van der Waals surface area contributed by atoms with Gasteiger partial charge in [0.25, 0.3) is 0 Å². The summed E-state index contributed by atoms with van der Waals surface area (Å²) in [5.41, 5.74) is 2.29. The summed E-state index contributed by atoms with van der Waals surface area (Å²) >= 11 is 0. The number of rotatable bonds is 4. The summed E-state index contributed by atoms with van der Waals surface area (Å²) in [4.78, 5) is 14.9. The summed E-state index contributed by atoms with van der Waals surface area (Å²) in [7, 11) is 0. The number of pyridine rings is 1. The van der Waals surface area contributed by atoms with Crippen molar-refractivity contribution in [3.05, 3.63) is 35.4 Å². The second-order valence-corrected chi connectivity index (χ2v) is 4.26. The summed E-state index contributed by atoms with van der Waals surface area (Å²) in [6, 6.07) is 9.63. The average Bonchev–Trinajstić information content (AvgIpc) is 2.37. The smallest absolute Gasteiger partial charge is 0.305 e. The van der Waals surface area contributed by atoms with Crippen LogP contribution in [0.25, 0.3) is 10.9 Å². The zero-order valence-corrected chi connectivity index (χ0v) is 10.5. The van der Waals surface area contributed by atoms with Crippen molar-refractivity contribution >= 4 is 22.7 Å². The van der Waals surface area contributed by atoms with Crippen LogP contribution in [0.2, 0.25) is 0 Å². The van der Waals surface area contributed by atoms with E-state index < -0.39 is 5.97 Å². The summed E-state index contributed by atoms with van der Waals surface area (Å²) in [6.07, 6.45) is -0.0155. The number of benzene rings is 1. The van der Waals surface area contributed by atoms with Gasteiger partial charge in [-0.1, -0.05) is 12.1 Å². The fourth-order valence-electron chi connectivity index (χ4n) is 1.78. The molecule has 0 amide bonds. The molecule has 0 aliphatic heterocycles. The number of carbonyl (C=O) groups is 1. The van der Waals surface area contributed by atoms with E-state index in [-0.39, 0.29) is 13.0 Å². The molecule has 2 rings (SSSR count). The van der Waals surface area contributed by atoms with Crippen LogP contribution in [0.3, 0.4) is 0 Å². The number of aliphatic carboxylic acids is 1. The Morgan fingerprint density at radius 1 is 1.47 bits per heavy atom. The highest BCUT2D eigenvalue weighted by Gasteiger charge is 2.07. The number of aryl methyl sites for hydroxylation is 1. The first-order valence-corrected chi connectivity index (χ1v) is 5.87. The monoisotopic (exact) mass is 255 g/mol. The summed E-state index contributed by atoms with van der Waals surface area (Å²) in [5, 5.41) is 21.5. The first-order valence-electron chi connectivity index (χ1n) is 5.87. The maximum Gasteiger partial charge on any atom is 0.305 e. The molecule has 1 aromatic heterocycles. The van der Waals surface area contributed by atoms with Crippen LogP contribution in [0, 0.1) is 18.3 Å². The van der Waals surface area contributed by atoms with Gasteiger partial charge in [-0.2, -0.15) is 5.26 Å². The van der Waals surface area contributed by atoms with Crippen molar-refractivity contribution in [1.29, 1.82) is 5.26 Å². The lowest BCUT2D eigenvalue weighted by Crippen LogP contribution is -2.09. The molecule has 0 bridgehead atoms. The summed E-state index contributed by atoms with van der Waals surface area (Å²) < 4.78 is 0. The molecule has 0 unspecified atom stereocenters. The minimum absolute atomic E-state index is 0.0155. The molecule has 2 aromatic rings. The molecule has 0 aliphatic rings. The third-order valence-corrected chi connectivity index (χ3v) is 2.72. The molecule has 96 valence electrons. The lowest BCUT2D eigenvalue weighted by atomic mass is 10.1. The van der Waals surface area contributed by atoms with Crippen LogP contribution in [0.15, 0.2) is 24.3 Å². The minimum Gasteiger partial charge on any atom is -0.481 e. The van der Waals surface area contributed by atoms with Gasteiger partial charge in [0.15, 0.2) is 0 Å². The second kappa shape index (κ2) is 5.36. The highest BCUT2D eigenvalue weighted by molar-refractivity contribution is 5.83. The molecule has 0 saturated heterocycles. The fourth-order valence-corrected chi connectivity index (χ4v) is 1.78. The number of carboxylic acid groups (broad SMARTS) is 1. The van der Waals surface area contributed by atoms with Crippen molar-refractivity contribution in [3.8, 4) is 6.07 Å². The van der Waals surface area contributed by atoms with E-state index in [1.807, 2.05) is 25.1 Å². The lowest BCUT2D eigenvalue weighted by molar-refractivity contribution is -0.136. The van der Waals surface area contributed by atoms with Crippen LogP contribution < -0.4 is 5.32 Å². The second-order valence-electron chi connectivity index (χ2n) is 4.26. The van der Waals surface area contributed by atoms with Gasteiger partial charge in [-0.25, -0.2) is 4.98 Å². The number of hydrogen-bond donors (Lipinski definition) is 2. The van der Waals surface area contributed by atoms with Crippen LogP contribution in [-0.4, -0.2) is 22.6 Å². The van der Waals surface area contributed by atoms with Crippen molar-refractivity contribution in [2.45, 2.75) is 13.3 Å². The van der Waals surface area contributed by atoms with E-state index in [2.05, 4.69) is 16.4 Å². The SMILES string of the molecule is Cc1ccc2cc(C#N)c(NCCC(=O)O)nc2c1. The maximum atomic E-state index is 10.5.